The minimum atomic E-state index is 0.830. The molecule has 3 aromatic rings. The first-order chi connectivity index (χ1) is 12.3. The van der Waals surface area contributed by atoms with Crippen LogP contribution in [-0.2, 0) is 20.0 Å². The second-order valence-corrected chi connectivity index (χ2v) is 6.54. The van der Waals surface area contributed by atoms with E-state index in [-0.39, 0.29) is 0 Å². The van der Waals surface area contributed by atoms with Gasteiger partial charge in [-0.1, -0.05) is 0 Å². The molecule has 4 rings (SSSR count). The molecule has 7 heteroatoms. The van der Waals surface area contributed by atoms with E-state index < -0.39 is 0 Å². The van der Waals surface area contributed by atoms with E-state index in [0.29, 0.717) is 0 Å². The first-order valence-electron chi connectivity index (χ1n) is 8.85. The van der Waals surface area contributed by atoms with Crippen molar-refractivity contribution in [3.05, 3.63) is 42.7 Å². The molecule has 1 saturated heterocycles. The highest BCUT2D eigenvalue weighted by molar-refractivity contribution is 5.54. The Morgan fingerprint density at radius 3 is 2.56 bits per heavy atom. The van der Waals surface area contributed by atoms with Crippen molar-refractivity contribution in [1.82, 2.24) is 29.3 Å². The van der Waals surface area contributed by atoms with Gasteiger partial charge in [-0.3, -0.25) is 4.68 Å². The van der Waals surface area contributed by atoms with Gasteiger partial charge in [0, 0.05) is 57.7 Å². The maximum atomic E-state index is 4.54. The van der Waals surface area contributed by atoms with Crippen LogP contribution in [0.2, 0.25) is 0 Å². The molecular weight excluding hydrogens is 314 g/mol. The summed E-state index contributed by atoms with van der Waals surface area (Å²) in [5.74, 6) is 1.76. The highest BCUT2D eigenvalue weighted by atomic mass is 15.3. The molecule has 7 nitrogen and oxygen atoms in total. The summed E-state index contributed by atoms with van der Waals surface area (Å²) in [6.07, 6.45) is 16.2. The van der Waals surface area contributed by atoms with Gasteiger partial charge in [-0.05, 0) is 31.2 Å². The van der Waals surface area contributed by atoms with Gasteiger partial charge in [0.1, 0.15) is 5.82 Å². The topological polar surface area (TPSA) is 64.7 Å². The molecule has 25 heavy (non-hydrogen) atoms. The van der Waals surface area contributed by atoms with E-state index in [9.17, 15) is 0 Å². The SMILES string of the molecule is Cn1cc(CCCn2ccnc2-c2cnc(N3CCCC3)nc2)cn1. The number of hydrogen-bond donors (Lipinski definition) is 0. The fraction of sp³-hybridized carbons (Fsp3) is 0.444. The third-order valence-corrected chi connectivity index (χ3v) is 4.62. The Balaban J connectivity index is 1.41. The van der Waals surface area contributed by atoms with Crippen molar-refractivity contribution in [2.24, 2.45) is 7.05 Å². The van der Waals surface area contributed by atoms with Gasteiger partial charge in [0.2, 0.25) is 5.95 Å². The average Bonchev–Trinajstić information content (AvgIpc) is 3.37. The van der Waals surface area contributed by atoms with Crippen LogP contribution in [0.5, 0.6) is 0 Å². The first kappa shape index (κ1) is 15.8. The van der Waals surface area contributed by atoms with Crippen molar-refractivity contribution in [1.29, 1.82) is 0 Å². The van der Waals surface area contributed by atoms with Gasteiger partial charge in [-0.2, -0.15) is 5.10 Å². The average molecular weight is 337 g/mol. The maximum Gasteiger partial charge on any atom is 0.225 e. The van der Waals surface area contributed by atoms with Gasteiger partial charge >= 0.3 is 0 Å². The van der Waals surface area contributed by atoms with Gasteiger partial charge < -0.3 is 9.47 Å². The lowest BCUT2D eigenvalue weighted by molar-refractivity contribution is 0.647. The van der Waals surface area contributed by atoms with Gasteiger partial charge in [-0.15, -0.1) is 0 Å². The molecule has 0 radical (unpaired) electrons. The largest absolute Gasteiger partial charge is 0.341 e. The number of aryl methyl sites for hydroxylation is 3. The third kappa shape index (κ3) is 3.55. The number of hydrogen-bond acceptors (Lipinski definition) is 5. The van der Waals surface area contributed by atoms with Crippen molar-refractivity contribution in [2.75, 3.05) is 18.0 Å². The molecule has 0 aromatic carbocycles. The summed E-state index contributed by atoms with van der Waals surface area (Å²) in [6, 6.07) is 0. The summed E-state index contributed by atoms with van der Waals surface area (Å²) < 4.78 is 4.02. The Morgan fingerprint density at radius 1 is 1.04 bits per heavy atom. The Bertz CT molecular complexity index is 812. The smallest absolute Gasteiger partial charge is 0.225 e. The Labute approximate surface area is 147 Å². The first-order valence-corrected chi connectivity index (χ1v) is 8.85. The molecule has 0 aliphatic carbocycles. The van der Waals surface area contributed by atoms with Crippen LogP contribution in [0.3, 0.4) is 0 Å². The van der Waals surface area contributed by atoms with Crippen LogP contribution < -0.4 is 4.90 Å². The fourth-order valence-electron chi connectivity index (χ4n) is 3.32. The molecule has 0 saturated carbocycles. The second-order valence-electron chi connectivity index (χ2n) is 6.54. The number of aromatic nitrogens is 6. The van der Waals surface area contributed by atoms with E-state index in [4.69, 9.17) is 0 Å². The molecule has 0 unspecified atom stereocenters. The Hall–Kier alpha value is -2.70. The molecule has 0 amide bonds. The molecule has 1 aliphatic heterocycles. The van der Waals surface area contributed by atoms with Gasteiger partial charge in [0.25, 0.3) is 0 Å². The van der Waals surface area contributed by atoms with E-state index in [2.05, 4.69) is 35.7 Å². The molecule has 0 spiro atoms. The van der Waals surface area contributed by atoms with Gasteiger partial charge in [0.15, 0.2) is 0 Å². The van der Waals surface area contributed by atoms with Crippen molar-refractivity contribution in [3.8, 4) is 11.4 Å². The normalized spacial score (nSPS) is 14.4. The van der Waals surface area contributed by atoms with Crippen molar-refractivity contribution < 1.29 is 0 Å². The van der Waals surface area contributed by atoms with Gasteiger partial charge in [-0.25, -0.2) is 15.0 Å². The highest BCUT2D eigenvalue weighted by Crippen LogP contribution is 2.20. The van der Waals surface area contributed by atoms with Crippen LogP contribution in [0.4, 0.5) is 5.95 Å². The molecule has 0 bridgehead atoms. The van der Waals surface area contributed by atoms with Crippen LogP contribution in [0.1, 0.15) is 24.8 Å². The van der Waals surface area contributed by atoms with Crippen LogP contribution in [-0.4, -0.2) is 42.4 Å². The minimum Gasteiger partial charge on any atom is -0.341 e. The third-order valence-electron chi connectivity index (χ3n) is 4.62. The molecule has 3 aromatic heterocycles. The van der Waals surface area contributed by atoms with Crippen LogP contribution in [0.25, 0.3) is 11.4 Å². The summed E-state index contributed by atoms with van der Waals surface area (Å²) in [6.45, 7) is 3.03. The summed E-state index contributed by atoms with van der Waals surface area (Å²) in [4.78, 5) is 15.8. The fourth-order valence-corrected chi connectivity index (χ4v) is 3.32. The van der Waals surface area contributed by atoms with E-state index in [1.54, 1.807) is 0 Å². The molecule has 1 fully saturated rings. The van der Waals surface area contributed by atoms with E-state index in [1.165, 1.54) is 18.4 Å². The highest BCUT2D eigenvalue weighted by Gasteiger charge is 2.15. The number of anilines is 1. The van der Waals surface area contributed by atoms with Gasteiger partial charge in [0.05, 0.1) is 11.8 Å². The lowest BCUT2D eigenvalue weighted by atomic mass is 10.2. The molecule has 130 valence electrons. The number of imidazole rings is 1. The second kappa shape index (κ2) is 7.04. The van der Waals surface area contributed by atoms with Crippen molar-refractivity contribution in [3.63, 3.8) is 0 Å². The van der Waals surface area contributed by atoms with Crippen molar-refractivity contribution in [2.45, 2.75) is 32.2 Å². The lowest BCUT2D eigenvalue weighted by Crippen LogP contribution is -2.20. The molecular formula is C18H23N7. The molecule has 0 N–H and O–H groups in total. The standard InChI is InChI=1S/C18H23N7/c1-23-14-15(11-22-23)5-4-9-24-10-6-19-17(24)16-12-20-18(21-13-16)25-7-2-3-8-25/h6,10-14H,2-5,7-9H2,1H3. The Kier molecular flexibility index (Phi) is 4.45. The van der Waals surface area contributed by atoms with Crippen LogP contribution in [0, 0.1) is 0 Å². The van der Waals surface area contributed by atoms with E-state index in [0.717, 1.165) is 49.8 Å². The lowest BCUT2D eigenvalue weighted by Gasteiger charge is -2.14. The summed E-state index contributed by atoms with van der Waals surface area (Å²) in [5, 5.41) is 4.22. The summed E-state index contributed by atoms with van der Waals surface area (Å²) in [7, 11) is 1.95. The predicted octanol–water partition coefficient (Wildman–Crippen LogP) is 2.31. The zero-order valence-electron chi connectivity index (χ0n) is 14.5. The Morgan fingerprint density at radius 2 is 1.84 bits per heavy atom. The van der Waals surface area contributed by atoms with E-state index in [1.807, 2.05) is 42.7 Å². The number of rotatable bonds is 6. The zero-order chi connectivity index (χ0) is 17.1. The van der Waals surface area contributed by atoms with Crippen molar-refractivity contribution >= 4 is 5.95 Å². The van der Waals surface area contributed by atoms with Crippen LogP contribution >= 0.6 is 0 Å². The predicted molar refractivity (Wildman–Crippen MR) is 96.2 cm³/mol. The monoisotopic (exact) mass is 337 g/mol. The summed E-state index contributed by atoms with van der Waals surface area (Å²) >= 11 is 0. The minimum absolute atomic E-state index is 0.830. The molecule has 1 aliphatic rings. The van der Waals surface area contributed by atoms with E-state index >= 15 is 0 Å². The van der Waals surface area contributed by atoms with Crippen LogP contribution in [0.15, 0.2) is 37.2 Å². The summed E-state index contributed by atoms with van der Waals surface area (Å²) in [5.41, 5.74) is 2.23. The zero-order valence-corrected chi connectivity index (χ0v) is 14.5. The molecule has 4 heterocycles. The number of nitrogens with zero attached hydrogens (tertiary/aromatic N) is 7. The quantitative estimate of drug-likeness (QED) is 0.690. The molecule has 0 atom stereocenters. The maximum absolute atomic E-state index is 4.54.